The van der Waals surface area contributed by atoms with Crippen molar-refractivity contribution in [3.05, 3.63) is 54.1 Å². The van der Waals surface area contributed by atoms with Crippen molar-refractivity contribution in [1.82, 2.24) is 10.1 Å². The van der Waals surface area contributed by atoms with E-state index in [1.165, 1.54) is 12.1 Å². The molecule has 0 unspecified atom stereocenters. The van der Waals surface area contributed by atoms with E-state index in [9.17, 15) is 13.2 Å². The molecule has 0 fully saturated rings. The normalized spacial score (nSPS) is 11.6. The number of alkyl halides is 3. The number of aromatic nitrogens is 2. The van der Waals surface area contributed by atoms with Crippen molar-refractivity contribution < 1.29 is 17.7 Å². The summed E-state index contributed by atoms with van der Waals surface area (Å²) in [6, 6.07) is 11.5. The van der Waals surface area contributed by atoms with Gasteiger partial charge in [0.05, 0.1) is 5.56 Å². The molecule has 0 aliphatic rings. The van der Waals surface area contributed by atoms with Crippen LogP contribution in [-0.2, 0) is 6.18 Å². The number of nitrogen functional groups attached to an aromatic ring is 1. The SMILES string of the molecule is Nc1cccc(-c2noc(-c3cccc(C(F)(F)F)c3)n2)c1. The molecule has 0 amide bonds. The summed E-state index contributed by atoms with van der Waals surface area (Å²) in [7, 11) is 0. The lowest BCUT2D eigenvalue weighted by Gasteiger charge is -2.06. The van der Waals surface area contributed by atoms with Crippen molar-refractivity contribution in [2.24, 2.45) is 0 Å². The first-order valence-electron chi connectivity index (χ1n) is 6.31. The van der Waals surface area contributed by atoms with Gasteiger partial charge >= 0.3 is 6.18 Å². The molecular formula is C15H10F3N3O. The van der Waals surface area contributed by atoms with Gasteiger partial charge in [0.25, 0.3) is 5.89 Å². The Bertz CT molecular complexity index is 812. The van der Waals surface area contributed by atoms with Crippen LogP contribution in [0, 0.1) is 0 Å². The van der Waals surface area contributed by atoms with E-state index >= 15 is 0 Å². The molecule has 0 aliphatic heterocycles. The van der Waals surface area contributed by atoms with E-state index < -0.39 is 11.7 Å². The van der Waals surface area contributed by atoms with E-state index in [1.807, 2.05) is 0 Å². The molecule has 2 aromatic carbocycles. The van der Waals surface area contributed by atoms with Crippen molar-refractivity contribution in [1.29, 1.82) is 0 Å². The third kappa shape index (κ3) is 2.78. The minimum absolute atomic E-state index is 0.0172. The molecular weight excluding hydrogens is 295 g/mol. The van der Waals surface area contributed by atoms with Crippen molar-refractivity contribution in [2.45, 2.75) is 6.18 Å². The van der Waals surface area contributed by atoms with Crippen LogP contribution < -0.4 is 5.73 Å². The predicted molar refractivity (Wildman–Crippen MR) is 74.6 cm³/mol. The Balaban J connectivity index is 1.98. The monoisotopic (exact) mass is 305 g/mol. The smallest absolute Gasteiger partial charge is 0.399 e. The Hall–Kier alpha value is -2.83. The number of hydrogen-bond acceptors (Lipinski definition) is 4. The van der Waals surface area contributed by atoms with Gasteiger partial charge in [-0.3, -0.25) is 0 Å². The lowest BCUT2D eigenvalue weighted by atomic mass is 10.1. The average Bonchev–Trinajstić information content (AvgIpc) is 2.96. The van der Waals surface area contributed by atoms with Crippen LogP contribution in [0.5, 0.6) is 0 Å². The molecule has 112 valence electrons. The molecule has 3 aromatic rings. The van der Waals surface area contributed by atoms with Crippen LogP contribution in [-0.4, -0.2) is 10.1 Å². The van der Waals surface area contributed by atoms with Crippen molar-refractivity contribution in [2.75, 3.05) is 5.73 Å². The summed E-state index contributed by atoms with van der Waals surface area (Å²) in [5.74, 6) is 0.281. The fourth-order valence-electron chi connectivity index (χ4n) is 1.96. The highest BCUT2D eigenvalue weighted by Crippen LogP contribution is 2.32. The first-order valence-corrected chi connectivity index (χ1v) is 6.31. The number of rotatable bonds is 2. The Kier molecular flexibility index (Phi) is 3.32. The molecule has 7 heteroatoms. The van der Waals surface area contributed by atoms with Crippen LogP contribution in [0.4, 0.5) is 18.9 Å². The summed E-state index contributed by atoms with van der Waals surface area (Å²) in [5.41, 5.74) is 6.26. The van der Waals surface area contributed by atoms with E-state index in [0.717, 1.165) is 12.1 Å². The fraction of sp³-hybridized carbons (Fsp3) is 0.0667. The summed E-state index contributed by atoms with van der Waals surface area (Å²) >= 11 is 0. The summed E-state index contributed by atoms with van der Waals surface area (Å²) in [4.78, 5) is 4.11. The maximum Gasteiger partial charge on any atom is 0.416 e. The molecule has 1 aromatic heterocycles. The van der Waals surface area contributed by atoms with Crippen LogP contribution >= 0.6 is 0 Å². The zero-order valence-corrected chi connectivity index (χ0v) is 11.1. The fourth-order valence-corrected chi connectivity index (χ4v) is 1.96. The highest BCUT2D eigenvalue weighted by Gasteiger charge is 2.30. The molecule has 2 N–H and O–H groups in total. The number of hydrogen-bond donors (Lipinski definition) is 1. The van der Waals surface area contributed by atoms with Crippen LogP contribution in [0.25, 0.3) is 22.8 Å². The molecule has 0 aliphatic carbocycles. The molecule has 0 spiro atoms. The second-order valence-electron chi connectivity index (χ2n) is 4.63. The molecule has 1 heterocycles. The third-order valence-corrected chi connectivity index (χ3v) is 3.01. The van der Waals surface area contributed by atoms with Crippen molar-refractivity contribution in [3.63, 3.8) is 0 Å². The molecule has 0 bridgehead atoms. The van der Waals surface area contributed by atoms with E-state index in [4.69, 9.17) is 10.3 Å². The van der Waals surface area contributed by atoms with Gasteiger partial charge < -0.3 is 10.3 Å². The maximum absolute atomic E-state index is 12.7. The Morgan fingerprint density at radius 1 is 0.955 bits per heavy atom. The topological polar surface area (TPSA) is 64.9 Å². The molecule has 0 saturated carbocycles. The first-order chi connectivity index (χ1) is 10.4. The second kappa shape index (κ2) is 5.18. The third-order valence-electron chi connectivity index (χ3n) is 3.01. The van der Waals surface area contributed by atoms with Crippen LogP contribution in [0.1, 0.15) is 5.56 Å². The summed E-state index contributed by atoms with van der Waals surface area (Å²) in [5, 5.41) is 3.77. The Morgan fingerprint density at radius 2 is 1.68 bits per heavy atom. The standard InChI is InChI=1S/C15H10F3N3O/c16-15(17,18)11-5-1-4-10(7-11)14-20-13(21-22-14)9-3-2-6-12(19)8-9/h1-8H,19H2. The highest BCUT2D eigenvalue weighted by atomic mass is 19.4. The van der Waals surface area contributed by atoms with Gasteiger partial charge in [-0.05, 0) is 30.3 Å². The molecule has 0 atom stereocenters. The van der Waals surface area contributed by atoms with Gasteiger partial charge in [0.1, 0.15) is 0 Å². The number of halogens is 3. The molecule has 0 saturated heterocycles. The van der Waals surface area contributed by atoms with Gasteiger partial charge in [-0.2, -0.15) is 18.2 Å². The van der Waals surface area contributed by atoms with Gasteiger partial charge in [-0.1, -0.05) is 23.4 Å². The van der Waals surface area contributed by atoms with Gasteiger partial charge in [-0.25, -0.2) is 0 Å². The summed E-state index contributed by atoms with van der Waals surface area (Å²) in [6.45, 7) is 0. The average molecular weight is 305 g/mol. The molecule has 4 nitrogen and oxygen atoms in total. The maximum atomic E-state index is 12.7. The lowest BCUT2D eigenvalue weighted by molar-refractivity contribution is -0.137. The molecule has 0 radical (unpaired) electrons. The zero-order valence-electron chi connectivity index (χ0n) is 11.1. The molecule has 3 rings (SSSR count). The van der Waals surface area contributed by atoms with Crippen LogP contribution in [0.2, 0.25) is 0 Å². The highest BCUT2D eigenvalue weighted by molar-refractivity contribution is 5.63. The van der Waals surface area contributed by atoms with E-state index in [0.29, 0.717) is 11.3 Å². The Morgan fingerprint density at radius 3 is 2.41 bits per heavy atom. The largest absolute Gasteiger partial charge is 0.416 e. The van der Waals surface area contributed by atoms with E-state index in [-0.39, 0.29) is 17.3 Å². The van der Waals surface area contributed by atoms with Gasteiger partial charge in [-0.15, -0.1) is 0 Å². The van der Waals surface area contributed by atoms with Crippen LogP contribution in [0.15, 0.2) is 53.1 Å². The zero-order chi connectivity index (χ0) is 15.7. The van der Waals surface area contributed by atoms with E-state index in [2.05, 4.69) is 10.1 Å². The van der Waals surface area contributed by atoms with Gasteiger partial charge in [0.2, 0.25) is 5.82 Å². The van der Waals surface area contributed by atoms with Crippen molar-refractivity contribution >= 4 is 5.69 Å². The number of nitrogens with zero attached hydrogens (tertiary/aromatic N) is 2. The number of benzene rings is 2. The summed E-state index contributed by atoms with van der Waals surface area (Å²) in [6.07, 6.45) is -4.42. The van der Waals surface area contributed by atoms with Crippen LogP contribution in [0.3, 0.4) is 0 Å². The number of anilines is 1. The summed E-state index contributed by atoms with van der Waals surface area (Å²) < 4.78 is 43.2. The quantitative estimate of drug-likeness (QED) is 0.727. The Labute approximate surface area is 123 Å². The predicted octanol–water partition coefficient (Wildman–Crippen LogP) is 4.00. The van der Waals surface area contributed by atoms with Gasteiger partial charge in [0, 0.05) is 16.8 Å². The van der Waals surface area contributed by atoms with Crippen molar-refractivity contribution in [3.8, 4) is 22.8 Å². The number of nitrogens with two attached hydrogens (primary N) is 1. The lowest BCUT2D eigenvalue weighted by Crippen LogP contribution is -2.04. The van der Waals surface area contributed by atoms with Gasteiger partial charge in [0.15, 0.2) is 0 Å². The van der Waals surface area contributed by atoms with E-state index in [1.54, 1.807) is 24.3 Å². The minimum Gasteiger partial charge on any atom is -0.399 e. The second-order valence-corrected chi connectivity index (χ2v) is 4.63. The first kappa shape index (κ1) is 14.1. The molecule has 22 heavy (non-hydrogen) atoms. The minimum atomic E-state index is -4.42.